The highest BCUT2D eigenvalue weighted by Crippen LogP contribution is 2.28. The van der Waals surface area contributed by atoms with Crippen LogP contribution in [0.1, 0.15) is 25.3 Å². The van der Waals surface area contributed by atoms with Gasteiger partial charge in [-0.3, -0.25) is 4.79 Å². The fourth-order valence-electron chi connectivity index (χ4n) is 1.58. The van der Waals surface area contributed by atoms with E-state index in [1.165, 1.54) is 0 Å². The first kappa shape index (κ1) is 14.0. The van der Waals surface area contributed by atoms with Crippen LogP contribution in [0.3, 0.4) is 0 Å². The highest BCUT2D eigenvalue weighted by molar-refractivity contribution is 5.99. The molecule has 1 aliphatic rings. The number of carbonyl (C=O) groups excluding carboxylic acids is 1. The Labute approximate surface area is 116 Å². The van der Waals surface area contributed by atoms with Crippen LogP contribution in [0.15, 0.2) is 29.4 Å². The lowest BCUT2D eigenvalue weighted by Gasteiger charge is -2.05. The van der Waals surface area contributed by atoms with Gasteiger partial charge in [-0.25, -0.2) is 10.2 Å². The number of rotatable bonds is 6. The van der Waals surface area contributed by atoms with Gasteiger partial charge in [0.15, 0.2) is 6.61 Å². The standard InChI is InChI=1S/C14H16N2O4/c1-9(15-16-14(19)11-2-3-11)10-4-6-12(7-5-10)20-8-13(17)18/h4-7,11H,2-3,8H2,1H3,(H,16,19)(H,17,18)/b15-9-. The summed E-state index contributed by atoms with van der Waals surface area (Å²) in [7, 11) is 0. The van der Waals surface area contributed by atoms with Crippen molar-refractivity contribution in [3.05, 3.63) is 29.8 Å². The Hall–Kier alpha value is -2.37. The van der Waals surface area contributed by atoms with Crippen LogP contribution in [0.25, 0.3) is 0 Å². The van der Waals surface area contributed by atoms with Crippen LogP contribution in [-0.2, 0) is 9.59 Å². The van der Waals surface area contributed by atoms with Gasteiger partial charge >= 0.3 is 5.97 Å². The number of hydrazone groups is 1. The summed E-state index contributed by atoms with van der Waals surface area (Å²) in [4.78, 5) is 21.8. The number of carboxylic acids is 1. The van der Waals surface area contributed by atoms with Crippen LogP contribution in [0.5, 0.6) is 5.75 Å². The maximum absolute atomic E-state index is 11.5. The van der Waals surface area contributed by atoms with Crippen molar-refractivity contribution >= 4 is 17.6 Å². The molecule has 2 rings (SSSR count). The molecule has 6 nitrogen and oxygen atoms in total. The van der Waals surface area contributed by atoms with Gasteiger partial charge in [0, 0.05) is 5.92 Å². The fraction of sp³-hybridized carbons (Fsp3) is 0.357. The van der Waals surface area contributed by atoms with E-state index in [1.54, 1.807) is 31.2 Å². The SMILES string of the molecule is C/C(=N/NC(=O)C1CC1)c1ccc(OCC(=O)O)cc1. The average Bonchev–Trinajstić information content (AvgIpc) is 3.27. The number of hydrogen-bond acceptors (Lipinski definition) is 4. The lowest BCUT2D eigenvalue weighted by atomic mass is 10.1. The molecule has 2 N–H and O–H groups in total. The zero-order chi connectivity index (χ0) is 14.5. The molecule has 1 aliphatic carbocycles. The van der Waals surface area contributed by atoms with E-state index in [2.05, 4.69) is 10.5 Å². The van der Waals surface area contributed by atoms with Crippen molar-refractivity contribution < 1.29 is 19.4 Å². The minimum Gasteiger partial charge on any atom is -0.482 e. The number of carboxylic acid groups (broad SMARTS) is 1. The molecule has 1 fully saturated rings. The van der Waals surface area contributed by atoms with Crippen LogP contribution >= 0.6 is 0 Å². The smallest absolute Gasteiger partial charge is 0.341 e. The van der Waals surface area contributed by atoms with Crippen LogP contribution in [-0.4, -0.2) is 29.3 Å². The first-order valence-corrected chi connectivity index (χ1v) is 6.35. The Morgan fingerprint density at radius 1 is 1.35 bits per heavy atom. The Morgan fingerprint density at radius 3 is 2.55 bits per heavy atom. The third kappa shape index (κ3) is 4.08. The Balaban J connectivity index is 1.92. The molecular formula is C14H16N2O4. The van der Waals surface area contributed by atoms with Crippen LogP contribution in [0, 0.1) is 5.92 Å². The maximum atomic E-state index is 11.5. The number of benzene rings is 1. The number of carbonyl (C=O) groups is 2. The van der Waals surface area contributed by atoms with E-state index in [0.29, 0.717) is 11.5 Å². The second-order valence-corrected chi connectivity index (χ2v) is 4.65. The molecule has 0 bridgehead atoms. The first-order chi connectivity index (χ1) is 9.56. The zero-order valence-corrected chi connectivity index (χ0v) is 11.1. The topological polar surface area (TPSA) is 88.0 Å². The van der Waals surface area contributed by atoms with Gasteiger partial charge in [0.05, 0.1) is 5.71 Å². The third-order valence-electron chi connectivity index (χ3n) is 2.92. The van der Waals surface area contributed by atoms with E-state index in [-0.39, 0.29) is 18.4 Å². The number of ether oxygens (including phenoxy) is 1. The lowest BCUT2D eigenvalue weighted by molar-refractivity contribution is -0.139. The first-order valence-electron chi connectivity index (χ1n) is 6.35. The Bertz CT molecular complexity index is 533. The second kappa shape index (κ2) is 6.18. The van der Waals surface area contributed by atoms with Gasteiger partial charge in [0.1, 0.15) is 5.75 Å². The van der Waals surface area contributed by atoms with Crippen molar-refractivity contribution in [2.75, 3.05) is 6.61 Å². The number of nitrogens with zero attached hydrogens (tertiary/aromatic N) is 1. The third-order valence-corrected chi connectivity index (χ3v) is 2.92. The van der Waals surface area contributed by atoms with Gasteiger partial charge in [0.2, 0.25) is 5.91 Å². The van der Waals surface area contributed by atoms with Crippen LogP contribution in [0.2, 0.25) is 0 Å². The van der Waals surface area contributed by atoms with Crippen molar-refractivity contribution in [2.45, 2.75) is 19.8 Å². The summed E-state index contributed by atoms with van der Waals surface area (Å²) in [5.74, 6) is -0.454. The van der Waals surface area contributed by atoms with Gasteiger partial charge in [0.25, 0.3) is 0 Å². The van der Waals surface area contributed by atoms with Crippen molar-refractivity contribution in [1.29, 1.82) is 0 Å². The Kier molecular flexibility index (Phi) is 4.34. The summed E-state index contributed by atoms with van der Waals surface area (Å²) >= 11 is 0. The summed E-state index contributed by atoms with van der Waals surface area (Å²) in [6, 6.07) is 6.86. The zero-order valence-electron chi connectivity index (χ0n) is 11.1. The second-order valence-electron chi connectivity index (χ2n) is 4.65. The van der Waals surface area contributed by atoms with Gasteiger partial charge in [-0.05, 0) is 49.6 Å². The molecule has 1 aromatic rings. The molecule has 0 aliphatic heterocycles. The van der Waals surface area contributed by atoms with Crippen LogP contribution in [0.4, 0.5) is 0 Å². The summed E-state index contributed by atoms with van der Waals surface area (Å²) in [6.07, 6.45) is 1.88. The summed E-state index contributed by atoms with van der Waals surface area (Å²) < 4.78 is 5.03. The van der Waals surface area contributed by atoms with Crippen molar-refractivity contribution in [3.63, 3.8) is 0 Å². The average molecular weight is 276 g/mol. The normalized spacial score (nSPS) is 14.8. The summed E-state index contributed by atoms with van der Waals surface area (Å²) in [5.41, 5.74) is 4.06. The highest BCUT2D eigenvalue weighted by atomic mass is 16.5. The van der Waals surface area contributed by atoms with Gasteiger partial charge in [-0.1, -0.05) is 0 Å². The number of amides is 1. The van der Waals surface area contributed by atoms with E-state index in [1.807, 2.05) is 0 Å². The predicted octanol–water partition coefficient (Wildman–Crippen LogP) is 1.40. The lowest BCUT2D eigenvalue weighted by Crippen LogP contribution is -2.20. The summed E-state index contributed by atoms with van der Waals surface area (Å²) in [6.45, 7) is 1.42. The molecule has 1 aromatic carbocycles. The van der Waals surface area contributed by atoms with E-state index >= 15 is 0 Å². The van der Waals surface area contributed by atoms with Crippen molar-refractivity contribution in [3.8, 4) is 5.75 Å². The number of aliphatic carboxylic acids is 1. The molecule has 1 amide bonds. The molecule has 0 saturated heterocycles. The molecule has 20 heavy (non-hydrogen) atoms. The molecule has 0 heterocycles. The molecule has 1 saturated carbocycles. The fourth-order valence-corrected chi connectivity index (χ4v) is 1.58. The molecular weight excluding hydrogens is 260 g/mol. The molecule has 6 heteroatoms. The van der Waals surface area contributed by atoms with E-state index in [9.17, 15) is 9.59 Å². The van der Waals surface area contributed by atoms with Crippen molar-refractivity contribution in [2.24, 2.45) is 11.0 Å². The molecule has 0 unspecified atom stereocenters. The van der Waals surface area contributed by atoms with E-state index < -0.39 is 5.97 Å². The highest BCUT2D eigenvalue weighted by Gasteiger charge is 2.29. The summed E-state index contributed by atoms with van der Waals surface area (Å²) in [5, 5.41) is 12.5. The molecule has 0 spiro atoms. The quantitative estimate of drug-likeness (QED) is 0.607. The minimum atomic E-state index is -1.02. The molecule has 0 radical (unpaired) electrons. The molecule has 106 valence electrons. The minimum absolute atomic E-state index is 0.0363. The molecule has 0 aromatic heterocycles. The van der Waals surface area contributed by atoms with Gasteiger partial charge < -0.3 is 9.84 Å². The van der Waals surface area contributed by atoms with E-state index in [0.717, 1.165) is 18.4 Å². The van der Waals surface area contributed by atoms with Gasteiger partial charge in [-0.15, -0.1) is 0 Å². The Morgan fingerprint density at radius 2 is 2.00 bits per heavy atom. The van der Waals surface area contributed by atoms with Crippen molar-refractivity contribution in [1.82, 2.24) is 5.43 Å². The largest absolute Gasteiger partial charge is 0.482 e. The van der Waals surface area contributed by atoms with Crippen LogP contribution < -0.4 is 10.2 Å². The predicted molar refractivity (Wildman–Crippen MR) is 72.7 cm³/mol. The number of hydrogen-bond donors (Lipinski definition) is 2. The number of nitrogens with one attached hydrogen (secondary N) is 1. The van der Waals surface area contributed by atoms with E-state index in [4.69, 9.17) is 9.84 Å². The molecule has 0 atom stereocenters. The van der Waals surface area contributed by atoms with Gasteiger partial charge in [-0.2, -0.15) is 5.10 Å². The monoisotopic (exact) mass is 276 g/mol. The maximum Gasteiger partial charge on any atom is 0.341 e.